The Morgan fingerprint density at radius 3 is 2.49 bits per heavy atom. The van der Waals surface area contributed by atoms with Crippen LogP contribution in [0.15, 0.2) is 59.0 Å². The lowest BCUT2D eigenvalue weighted by Gasteiger charge is -2.36. The van der Waals surface area contributed by atoms with E-state index in [2.05, 4.69) is 9.80 Å². The molecular weight excluding hydrogens is 449 g/mol. The molecule has 0 spiro atoms. The first-order chi connectivity index (χ1) is 17.0. The molecule has 7 nitrogen and oxygen atoms in total. The molecule has 0 radical (unpaired) electrons. The van der Waals surface area contributed by atoms with Gasteiger partial charge in [0.15, 0.2) is 0 Å². The molecule has 1 fully saturated rings. The Kier molecular flexibility index (Phi) is 6.66. The van der Waals surface area contributed by atoms with E-state index in [1.807, 2.05) is 24.3 Å². The van der Waals surface area contributed by atoms with Crippen LogP contribution in [0.1, 0.15) is 37.8 Å². The second-order valence-corrected chi connectivity index (χ2v) is 8.91. The third kappa shape index (κ3) is 4.85. The summed E-state index contributed by atoms with van der Waals surface area (Å²) in [6.07, 6.45) is 0.413. The second kappa shape index (κ2) is 10.0. The van der Waals surface area contributed by atoms with Gasteiger partial charge in [0, 0.05) is 39.8 Å². The minimum atomic E-state index is -0.325. The van der Waals surface area contributed by atoms with Crippen LogP contribution in [-0.2, 0) is 24.3 Å². The van der Waals surface area contributed by atoms with Gasteiger partial charge in [0.25, 0.3) is 11.8 Å². The van der Waals surface area contributed by atoms with Gasteiger partial charge in [-0.25, -0.2) is 4.39 Å². The van der Waals surface area contributed by atoms with Crippen LogP contribution in [0.4, 0.5) is 10.1 Å². The first-order valence-electron chi connectivity index (χ1n) is 11.8. The van der Waals surface area contributed by atoms with Gasteiger partial charge in [-0.05, 0) is 48.4 Å². The number of hydrogen-bond acceptors (Lipinski definition) is 6. The molecule has 2 aliphatic heterocycles. The second-order valence-electron chi connectivity index (χ2n) is 8.91. The average molecular weight is 478 g/mol. The summed E-state index contributed by atoms with van der Waals surface area (Å²) in [6, 6.07) is 15.6. The number of carbonyl (C=O) groups is 2. The van der Waals surface area contributed by atoms with Crippen molar-refractivity contribution in [3.8, 4) is 0 Å². The normalized spacial score (nSPS) is 16.3. The number of rotatable bonds is 8. The molecule has 0 unspecified atom stereocenters. The highest BCUT2D eigenvalue weighted by Gasteiger charge is 2.38. The van der Waals surface area contributed by atoms with Gasteiger partial charge in [-0.15, -0.1) is 0 Å². The van der Waals surface area contributed by atoms with Crippen molar-refractivity contribution in [3.63, 3.8) is 0 Å². The van der Waals surface area contributed by atoms with Gasteiger partial charge in [-0.2, -0.15) is 0 Å². The number of imide groups is 1. The number of amides is 2. The Labute approximate surface area is 203 Å². The standard InChI is InChI=1S/C27H28FN3O4/c1-34-18-22-9-8-21(35-22)17-29-12-14-30(15-13-29)24-7-3-6-23-25(24)27(33)31(26(23)32)11-10-19-4-2-5-20(28)16-19/h2-9,16H,10-15,17-18H2,1H3. The zero-order chi connectivity index (χ0) is 24.4. The van der Waals surface area contributed by atoms with Gasteiger partial charge in [0.1, 0.15) is 23.9 Å². The van der Waals surface area contributed by atoms with Crippen molar-refractivity contribution in [3.05, 3.63) is 88.6 Å². The van der Waals surface area contributed by atoms with Gasteiger partial charge in [0.05, 0.1) is 23.4 Å². The van der Waals surface area contributed by atoms with Crippen molar-refractivity contribution < 1.29 is 23.1 Å². The number of benzene rings is 2. The van der Waals surface area contributed by atoms with Crippen LogP contribution >= 0.6 is 0 Å². The third-order valence-corrected chi connectivity index (χ3v) is 6.59. The predicted octanol–water partition coefficient (Wildman–Crippen LogP) is 3.73. The Hall–Kier alpha value is -3.49. The van der Waals surface area contributed by atoms with E-state index in [0.29, 0.717) is 24.2 Å². The maximum absolute atomic E-state index is 13.5. The molecule has 3 aromatic rings. The average Bonchev–Trinajstić information content (AvgIpc) is 3.40. The monoisotopic (exact) mass is 477 g/mol. The molecule has 182 valence electrons. The Morgan fingerprint density at radius 2 is 1.71 bits per heavy atom. The predicted molar refractivity (Wildman–Crippen MR) is 129 cm³/mol. The number of halogens is 1. The molecule has 2 amide bonds. The molecular formula is C27H28FN3O4. The van der Waals surface area contributed by atoms with E-state index in [1.54, 1.807) is 25.3 Å². The summed E-state index contributed by atoms with van der Waals surface area (Å²) in [6.45, 7) is 4.51. The van der Waals surface area contributed by atoms with Crippen LogP contribution < -0.4 is 4.90 Å². The summed E-state index contributed by atoms with van der Waals surface area (Å²) in [4.78, 5) is 32.1. The third-order valence-electron chi connectivity index (χ3n) is 6.59. The van der Waals surface area contributed by atoms with Crippen LogP contribution in [0.25, 0.3) is 0 Å². The van der Waals surface area contributed by atoms with E-state index < -0.39 is 0 Å². The first-order valence-corrected chi connectivity index (χ1v) is 11.8. The number of furan rings is 1. The maximum atomic E-state index is 13.5. The highest BCUT2D eigenvalue weighted by atomic mass is 19.1. The fraction of sp³-hybridized carbons (Fsp3) is 0.333. The zero-order valence-electron chi connectivity index (χ0n) is 19.7. The molecule has 0 N–H and O–H groups in total. The Morgan fingerprint density at radius 1 is 0.943 bits per heavy atom. The molecule has 2 aromatic carbocycles. The number of hydrogen-bond donors (Lipinski definition) is 0. The fourth-order valence-corrected chi connectivity index (χ4v) is 4.81. The molecule has 0 saturated carbocycles. The smallest absolute Gasteiger partial charge is 0.263 e. The van der Waals surface area contributed by atoms with E-state index >= 15 is 0 Å². The highest BCUT2D eigenvalue weighted by Crippen LogP contribution is 2.32. The maximum Gasteiger partial charge on any atom is 0.263 e. The molecule has 8 heteroatoms. The molecule has 0 bridgehead atoms. The van der Waals surface area contributed by atoms with Crippen LogP contribution in [0.5, 0.6) is 0 Å². The summed E-state index contributed by atoms with van der Waals surface area (Å²) in [5.41, 5.74) is 2.47. The molecule has 1 saturated heterocycles. The summed E-state index contributed by atoms with van der Waals surface area (Å²) in [5, 5.41) is 0. The van der Waals surface area contributed by atoms with Gasteiger partial charge < -0.3 is 14.1 Å². The highest BCUT2D eigenvalue weighted by molar-refractivity contribution is 6.23. The molecule has 1 aromatic heterocycles. The van der Waals surface area contributed by atoms with E-state index in [4.69, 9.17) is 9.15 Å². The first kappa shape index (κ1) is 23.3. The molecule has 0 aliphatic carbocycles. The number of ether oxygens (including phenoxy) is 1. The van der Waals surface area contributed by atoms with Crippen molar-refractivity contribution >= 4 is 17.5 Å². The van der Waals surface area contributed by atoms with Crippen LogP contribution in [-0.4, -0.2) is 61.4 Å². The number of piperazine rings is 1. The molecule has 2 aliphatic rings. The van der Waals surface area contributed by atoms with Crippen molar-refractivity contribution in [2.75, 3.05) is 44.7 Å². The number of methoxy groups -OCH3 is 1. The number of fused-ring (bicyclic) bond motifs is 1. The van der Waals surface area contributed by atoms with E-state index in [0.717, 1.165) is 55.5 Å². The lowest BCUT2D eigenvalue weighted by molar-refractivity contribution is 0.0656. The van der Waals surface area contributed by atoms with E-state index in [1.165, 1.54) is 17.0 Å². The molecule has 3 heterocycles. The quantitative estimate of drug-likeness (QED) is 0.461. The van der Waals surface area contributed by atoms with Crippen molar-refractivity contribution in [1.82, 2.24) is 9.80 Å². The van der Waals surface area contributed by atoms with E-state index in [-0.39, 0.29) is 24.2 Å². The van der Waals surface area contributed by atoms with Gasteiger partial charge in [0.2, 0.25) is 0 Å². The van der Waals surface area contributed by atoms with Crippen LogP contribution in [0, 0.1) is 5.82 Å². The topological polar surface area (TPSA) is 66.2 Å². The van der Waals surface area contributed by atoms with Crippen molar-refractivity contribution in [2.24, 2.45) is 0 Å². The summed E-state index contributed by atoms with van der Waals surface area (Å²) < 4.78 is 24.4. The van der Waals surface area contributed by atoms with E-state index in [9.17, 15) is 14.0 Å². The summed E-state index contributed by atoms with van der Waals surface area (Å²) in [7, 11) is 1.64. The van der Waals surface area contributed by atoms with Gasteiger partial charge in [-0.1, -0.05) is 18.2 Å². The Balaban J connectivity index is 1.24. The number of carbonyl (C=O) groups excluding carboxylic acids is 2. The number of anilines is 1. The molecule has 35 heavy (non-hydrogen) atoms. The lowest BCUT2D eigenvalue weighted by atomic mass is 10.1. The summed E-state index contributed by atoms with van der Waals surface area (Å²) >= 11 is 0. The SMILES string of the molecule is COCc1ccc(CN2CCN(c3cccc4c3C(=O)N(CCc3cccc(F)c3)C4=O)CC2)o1. The van der Waals surface area contributed by atoms with Crippen LogP contribution in [0.2, 0.25) is 0 Å². The fourth-order valence-electron chi connectivity index (χ4n) is 4.81. The molecule has 5 rings (SSSR count). The largest absolute Gasteiger partial charge is 0.462 e. The summed E-state index contributed by atoms with van der Waals surface area (Å²) in [5.74, 6) is 0.827. The Bertz CT molecular complexity index is 1230. The van der Waals surface area contributed by atoms with Gasteiger partial charge >= 0.3 is 0 Å². The number of nitrogens with zero attached hydrogens (tertiary/aromatic N) is 3. The van der Waals surface area contributed by atoms with Gasteiger partial charge in [-0.3, -0.25) is 19.4 Å². The van der Waals surface area contributed by atoms with Crippen LogP contribution in [0.3, 0.4) is 0 Å². The minimum absolute atomic E-state index is 0.219. The molecule has 0 atom stereocenters. The zero-order valence-corrected chi connectivity index (χ0v) is 19.7. The van der Waals surface area contributed by atoms with Crippen molar-refractivity contribution in [1.29, 1.82) is 0 Å². The minimum Gasteiger partial charge on any atom is -0.462 e. The van der Waals surface area contributed by atoms with Crippen molar-refractivity contribution in [2.45, 2.75) is 19.6 Å². The lowest BCUT2D eigenvalue weighted by Crippen LogP contribution is -2.46.